The van der Waals surface area contributed by atoms with Crippen LogP contribution < -0.4 is 5.73 Å². The van der Waals surface area contributed by atoms with Gasteiger partial charge in [0.2, 0.25) is 5.91 Å². The number of benzene rings is 1. The zero-order valence-corrected chi connectivity index (χ0v) is 11.7. The molecular formula is C14H21ClN2O. The Labute approximate surface area is 115 Å². The molecule has 1 aliphatic rings. The molecule has 1 aliphatic carbocycles. The van der Waals surface area contributed by atoms with Gasteiger partial charge >= 0.3 is 0 Å². The van der Waals surface area contributed by atoms with Crippen LogP contribution in [0.4, 0.5) is 0 Å². The fourth-order valence-corrected chi connectivity index (χ4v) is 1.93. The Kier molecular flexibility index (Phi) is 5.17. The van der Waals surface area contributed by atoms with Crippen molar-refractivity contribution in [2.75, 3.05) is 13.6 Å². The van der Waals surface area contributed by atoms with Gasteiger partial charge in [-0.2, -0.15) is 0 Å². The minimum Gasteiger partial charge on any atom is -0.344 e. The van der Waals surface area contributed by atoms with Gasteiger partial charge in [0.25, 0.3) is 0 Å². The summed E-state index contributed by atoms with van der Waals surface area (Å²) in [6, 6.07) is 7.32. The number of hydrogen-bond acceptors (Lipinski definition) is 2. The predicted molar refractivity (Wildman–Crippen MR) is 75.7 cm³/mol. The highest BCUT2D eigenvalue weighted by molar-refractivity contribution is 5.85. The van der Waals surface area contributed by atoms with Gasteiger partial charge in [-0.05, 0) is 31.2 Å². The van der Waals surface area contributed by atoms with Crippen LogP contribution in [0.15, 0.2) is 24.3 Å². The van der Waals surface area contributed by atoms with Crippen LogP contribution in [0.2, 0.25) is 0 Å². The standard InChI is InChI=1S/C14H20N2O.ClH/c1-10-3-7-12(8-4-10)13(15)14(17)16(2)9-11-5-6-11;/h3-4,7-8,11,13H,5-6,9,15H2,1-2H3;1H. The van der Waals surface area contributed by atoms with E-state index in [1.807, 2.05) is 38.2 Å². The maximum Gasteiger partial charge on any atom is 0.243 e. The zero-order valence-electron chi connectivity index (χ0n) is 10.9. The van der Waals surface area contributed by atoms with Crippen LogP contribution in [0.25, 0.3) is 0 Å². The van der Waals surface area contributed by atoms with Gasteiger partial charge in [-0.15, -0.1) is 12.4 Å². The van der Waals surface area contributed by atoms with Gasteiger partial charge in [0.05, 0.1) is 0 Å². The number of hydrogen-bond donors (Lipinski definition) is 1. The maximum absolute atomic E-state index is 12.1. The van der Waals surface area contributed by atoms with Gasteiger partial charge in [-0.25, -0.2) is 0 Å². The van der Waals surface area contributed by atoms with Crippen molar-refractivity contribution in [2.45, 2.75) is 25.8 Å². The Morgan fingerprint density at radius 3 is 2.44 bits per heavy atom. The Hall–Kier alpha value is -1.06. The SMILES string of the molecule is Cc1ccc(C(N)C(=O)N(C)CC2CC2)cc1.Cl. The molecule has 0 bridgehead atoms. The molecule has 0 heterocycles. The minimum atomic E-state index is -0.528. The largest absolute Gasteiger partial charge is 0.344 e. The van der Waals surface area contributed by atoms with E-state index >= 15 is 0 Å². The number of halogens is 1. The summed E-state index contributed by atoms with van der Waals surface area (Å²) in [5, 5.41) is 0. The third kappa shape index (κ3) is 3.72. The molecule has 100 valence electrons. The van der Waals surface area contributed by atoms with Gasteiger partial charge in [-0.3, -0.25) is 4.79 Å². The summed E-state index contributed by atoms with van der Waals surface area (Å²) in [4.78, 5) is 13.9. The second-order valence-corrected chi connectivity index (χ2v) is 5.05. The van der Waals surface area contributed by atoms with E-state index in [1.54, 1.807) is 4.90 Å². The molecule has 1 atom stereocenters. The molecule has 0 radical (unpaired) electrons. The zero-order chi connectivity index (χ0) is 12.4. The van der Waals surface area contributed by atoms with E-state index in [0.717, 1.165) is 12.1 Å². The van der Waals surface area contributed by atoms with Crippen molar-refractivity contribution in [1.82, 2.24) is 4.90 Å². The molecule has 0 spiro atoms. The number of rotatable bonds is 4. The van der Waals surface area contributed by atoms with E-state index in [4.69, 9.17) is 5.73 Å². The monoisotopic (exact) mass is 268 g/mol. The lowest BCUT2D eigenvalue weighted by Gasteiger charge is -2.21. The van der Waals surface area contributed by atoms with Crippen LogP contribution in [-0.2, 0) is 4.79 Å². The second-order valence-electron chi connectivity index (χ2n) is 5.05. The lowest BCUT2D eigenvalue weighted by atomic mass is 10.0. The number of amides is 1. The van der Waals surface area contributed by atoms with Crippen molar-refractivity contribution in [1.29, 1.82) is 0 Å². The number of aryl methyl sites for hydroxylation is 1. The van der Waals surface area contributed by atoms with Gasteiger partial charge < -0.3 is 10.6 Å². The third-order valence-electron chi connectivity index (χ3n) is 3.31. The predicted octanol–water partition coefficient (Wildman–Crippen LogP) is 2.29. The molecule has 4 heteroatoms. The van der Waals surface area contributed by atoms with Crippen LogP contribution in [0.3, 0.4) is 0 Å². The van der Waals surface area contributed by atoms with Crippen molar-refractivity contribution in [2.24, 2.45) is 11.7 Å². The van der Waals surface area contributed by atoms with E-state index in [9.17, 15) is 4.79 Å². The molecule has 1 fully saturated rings. The molecule has 2 N–H and O–H groups in total. The summed E-state index contributed by atoms with van der Waals surface area (Å²) < 4.78 is 0. The van der Waals surface area contributed by atoms with Gasteiger partial charge in [0, 0.05) is 13.6 Å². The highest BCUT2D eigenvalue weighted by Crippen LogP contribution is 2.29. The Bertz CT molecular complexity index is 401. The molecule has 1 saturated carbocycles. The summed E-state index contributed by atoms with van der Waals surface area (Å²) in [6.45, 7) is 2.87. The first kappa shape index (κ1) is 15.0. The number of carbonyl (C=O) groups excluding carboxylic acids is 1. The molecule has 0 aliphatic heterocycles. The van der Waals surface area contributed by atoms with Crippen molar-refractivity contribution in [3.05, 3.63) is 35.4 Å². The molecule has 2 rings (SSSR count). The van der Waals surface area contributed by atoms with E-state index in [-0.39, 0.29) is 18.3 Å². The number of carbonyl (C=O) groups is 1. The van der Waals surface area contributed by atoms with E-state index in [1.165, 1.54) is 18.4 Å². The van der Waals surface area contributed by atoms with Crippen LogP contribution in [0.1, 0.15) is 30.0 Å². The Morgan fingerprint density at radius 2 is 1.94 bits per heavy atom. The van der Waals surface area contributed by atoms with Crippen LogP contribution in [0.5, 0.6) is 0 Å². The first-order valence-corrected chi connectivity index (χ1v) is 6.15. The van der Waals surface area contributed by atoms with Crippen molar-refractivity contribution >= 4 is 18.3 Å². The van der Waals surface area contributed by atoms with Crippen molar-refractivity contribution in [3.8, 4) is 0 Å². The normalized spacial score (nSPS) is 15.7. The highest BCUT2D eigenvalue weighted by Gasteiger charge is 2.27. The molecule has 18 heavy (non-hydrogen) atoms. The van der Waals surface area contributed by atoms with Crippen molar-refractivity contribution < 1.29 is 4.79 Å². The van der Waals surface area contributed by atoms with Gasteiger partial charge in [-0.1, -0.05) is 29.8 Å². The summed E-state index contributed by atoms with van der Waals surface area (Å²) in [5.41, 5.74) is 8.07. The van der Waals surface area contributed by atoms with E-state index in [0.29, 0.717) is 5.92 Å². The maximum atomic E-state index is 12.1. The number of likely N-dealkylation sites (N-methyl/N-ethyl adjacent to an activating group) is 1. The average Bonchev–Trinajstić information content (AvgIpc) is 3.12. The first-order valence-electron chi connectivity index (χ1n) is 6.15. The fourth-order valence-electron chi connectivity index (χ4n) is 1.93. The lowest BCUT2D eigenvalue weighted by molar-refractivity contribution is -0.131. The van der Waals surface area contributed by atoms with E-state index < -0.39 is 6.04 Å². The minimum absolute atomic E-state index is 0. The molecule has 1 unspecified atom stereocenters. The van der Waals surface area contributed by atoms with Crippen molar-refractivity contribution in [3.63, 3.8) is 0 Å². The summed E-state index contributed by atoms with van der Waals surface area (Å²) in [7, 11) is 1.84. The Morgan fingerprint density at radius 1 is 1.39 bits per heavy atom. The lowest BCUT2D eigenvalue weighted by Crippen LogP contribution is -2.37. The molecule has 1 aromatic carbocycles. The first-order chi connectivity index (χ1) is 8.08. The van der Waals surface area contributed by atoms with E-state index in [2.05, 4.69) is 0 Å². The average molecular weight is 269 g/mol. The molecule has 3 nitrogen and oxygen atoms in total. The molecule has 0 saturated heterocycles. The second kappa shape index (κ2) is 6.21. The Balaban J connectivity index is 0.00000162. The summed E-state index contributed by atoms with van der Waals surface area (Å²) in [5.74, 6) is 0.718. The smallest absolute Gasteiger partial charge is 0.243 e. The molecule has 1 amide bonds. The summed E-state index contributed by atoms with van der Waals surface area (Å²) in [6.07, 6.45) is 2.49. The number of nitrogens with zero attached hydrogens (tertiary/aromatic N) is 1. The van der Waals surface area contributed by atoms with Crippen LogP contribution in [-0.4, -0.2) is 24.4 Å². The number of nitrogens with two attached hydrogens (primary N) is 1. The quantitative estimate of drug-likeness (QED) is 0.911. The molecule has 0 aromatic heterocycles. The van der Waals surface area contributed by atoms with Crippen LogP contribution in [0, 0.1) is 12.8 Å². The molecule has 1 aromatic rings. The third-order valence-corrected chi connectivity index (χ3v) is 3.31. The highest BCUT2D eigenvalue weighted by atomic mass is 35.5. The topological polar surface area (TPSA) is 46.3 Å². The molecular weight excluding hydrogens is 248 g/mol. The van der Waals surface area contributed by atoms with Gasteiger partial charge in [0.1, 0.15) is 6.04 Å². The fraction of sp³-hybridized carbons (Fsp3) is 0.500. The van der Waals surface area contributed by atoms with Gasteiger partial charge in [0.15, 0.2) is 0 Å². The summed E-state index contributed by atoms with van der Waals surface area (Å²) >= 11 is 0. The van der Waals surface area contributed by atoms with Crippen LogP contribution >= 0.6 is 12.4 Å².